The molecule has 0 spiro atoms. The number of rotatable bonds is 6. The quantitative estimate of drug-likeness (QED) is 0.190. The molecule has 0 aliphatic carbocycles. The summed E-state index contributed by atoms with van der Waals surface area (Å²) >= 11 is 0. The van der Waals surface area contributed by atoms with Crippen LogP contribution in [0.1, 0.15) is 69.1 Å². The van der Waals surface area contributed by atoms with Crippen molar-refractivity contribution in [3.05, 3.63) is 63.8 Å². The van der Waals surface area contributed by atoms with Crippen LogP contribution in [0.25, 0.3) is 21.2 Å². The molecule has 1 aromatic carbocycles. The number of pyridine rings is 2. The second kappa shape index (κ2) is 9.43. The van der Waals surface area contributed by atoms with Gasteiger partial charge in [0.2, 0.25) is 5.91 Å². The molecule has 0 saturated carbocycles. The first-order chi connectivity index (χ1) is 18.4. The fraction of sp³-hybridized carbons (Fsp3) is 0.429. The molecule has 1 saturated heterocycles. The van der Waals surface area contributed by atoms with Gasteiger partial charge in [0.25, 0.3) is 0 Å². The van der Waals surface area contributed by atoms with Gasteiger partial charge in [-0.3, -0.25) is 4.79 Å². The lowest BCUT2D eigenvalue weighted by Crippen LogP contribution is -2.55. The van der Waals surface area contributed by atoms with Crippen molar-refractivity contribution in [2.75, 3.05) is 18.4 Å². The number of anilines is 2. The van der Waals surface area contributed by atoms with E-state index in [0.29, 0.717) is 41.7 Å². The topological polar surface area (TPSA) is 142 Å². The van der Waals surface area contributed by atoms with Crippen LogP contribution in [0.3, 0.4) is 0 Å². The molecule has 1 fully saturated rings. The maximum atomic E-state index is 12.5. The number of aromatic nitrogens is 2. The Morgan fingerprint density at radius 2 is 1.97 bits per heavy atom. The van der Waals surface area contributed by atoms with Crippen LogP contribution in [0.15, 0.2) is 41.6 Å². The van der Waals surface area contributed by atoms with E-state index in [1.807, 2.05) is 52.8 Å². The average molecular weight is 530 g/mol. The molecule has 1 amide bonds. The van der Waals surface area contributed by atoms with E-state index in [-0.39, 0.29) is 23.9 Å². The molecular formula is C28H31N7O4. The number of hydrogen-bond donors (Lipinski definition) is 1. The summed E-state index contributed by atoms with van der Waals surface area (Å²) in [5, 5.41) is 8.84. The minimum absolute atomic E-state index is 0.0224. The summed E-state index contributed by atoms with van der Waals surface area (Å²) in [6.45, 7) is 12.0. The zero-order valence-corrected chi connectivity index (χ0v) is 22.8. The van der Waals surface area contributed by atoms with Crippen molar-refractivity contribution in [3.8, 4) is 5.75 Å². The molecule has 1 N–H and O–H groups in total. The van der Waals surface area contributed by atoms with Gasteiger partial charge in [0, 0.05) is 29.3 Å². The van der Waals surface area contributed by atoms with Gasteiger partial charge in [-0.1, -0.05) is 32.0 Å². The van der Waals surface area contributed by atoms with Crippen molar-refractivity contribution >= 4 is 34.3 Å². The van der Waals surface area contributed by atoms with Gasteiger partial charge >= 0.3 is 5.97 Å². The van der Waals surface area contributed by atoms with Crippen molar-refractivity contribution in [1.82, 2.24) is 14.9 Å². The minimum Gasteiger partial charge on any atom is -0.486 e. The maximum absolute atomic E-state index is 12.5. The van der Waals surface area contributed by atoms with Crippen molar-refractivity contribution in [1.29, 1.82) is 0 Å². The molecule has 39 heavy (non-hydrogen) atoms. The number of ether oxygens (including phenoxy) is 2. The Kier molecular flexibility index (Phi) is 6.34. The highest BCUT2D eigenvalue weighted by Gasteiger charge is 2.40. The number of carbonyl (C=O) groups excluding carboxylic acids is 2. The molecule has 11 nitrogen and oxygen atoms in total. The molecular weight excluding hydrogens is 498 g/mol. The minimum atomic E-state index is -0.836. The molecule has 3 aromatic rings. The van der Waals surface area contributed by atoms with E-state index in [1.54, 1.807) is 30.2 Å². The third-order valence-electron chi connectivity index (χ3n) is 7.61. The summed E-state index contributed by atoms with van der Waals surface area (Å²) in [5.41, 5.74) is 9.61. The van der Waals surface area contributed by atoms with Gasteiger partial charge in [0.05, 0.1) is 29.9 Å². The van der Waals surface area contributed by atoms with Crippen LogP contribution in [0.2, 0.25) is 0 Å². The van der Waals surface area contributed by atoms with E-state index < -0.39 is 11.1 Å². The van der Waals surface area contributed by atoms with E-state index in [9.17, 15) is 15.1 Å². The molecule has 0 radical (unpaired) electrons. The van der Waals surface area contributed by atoms with Crippen molar-refractivity contribution in [2.45, 2.75) is 64.7 Å². The molecule has 0 bridgehead atoms. The first-order valence-corrected chi connectivity index (χ1v) is 12.8. The molecule has 2 aliphatic heterocycles. The van der Waals surface area contributed by atoms with Crippen molar-refractivity contribution < 1.29 is 19.1 Å². The lowest BCUT2D eigenvalue weighted by atomic mass is 9.84. The maximum Gasteiger partial charge on any atom is 0.340 e. The summed E-state index contributed by atoms with van der Waals surface area (Å²) in [4.78, 5) is 38.2. The van der Waals surface area contributed by atoms with Crippen LogP contribution in [0, 0.1) is 0 Å². The number of benzene rings is 1. The number of nitrogens with one attached hydrogen (secondary N) is 1. The number of cyclic esters (lactones) is 1. The highest BCUT2D eigenvalue weighted by atomic mass is 16.6. The standard InChI is InChI=1S/C28H31N7O4/c1-15-25-18(26(37)39-28(15,5)6)7-10-23(32-25)31-24-11-19-20(12-30-24)22(38-17-13-35(14-17)16(2)36)9-8-21(19)27(3,4)33-34-29/h7-12,15,17H,13-14H2,1-6H3,(H,30,31,32)/t15-/m1/s1. The van der Waals surface area contributed by atoms with Crippen LogP contribution in [-0.4, -0.2) is 51.5 Å². The largest absolute Gasteiger partial charge is 0.486 e. The Labute approximate surface area is 226 Å². The highest BCUT2D eigenvalue weighted by Crippen LogP contribution is 2.40. The lowest BCUT2D eigenvalue weighted by molar-refractivity contribution is -0.137. The Morgan fingerprint density at radius 1 is 1.23 bits per heavy atom. The smallest absolute Gasteiger partial charge is 0.340 e. The van der Waals surface area contributed by atoms with E-state index in [4.69, 9.17) is 14.5 Å². The van der Waals surface area contributed by atoms with E-state index in [0.717, 1.165) is 16.3 Å². The zero-order valence-electron chi connectivity index (χ0n) is 22.8. The Morgan fingerprint density at radius 3 is 2.67 bits per heavy atom. The number of carbonyl (C=O) groups is 2. The van der Waals surface area contributed by atoms with Crippen molar-refractivity contribution in [3.63, 3.8) is 0 Å². The highest BCUT2D eigenvalue weighted by molar-refractivity contribution is 5.94. The Balaban J connectivity index is 1.51. The van der Waals surface area contributed by atoms with Gasteiger partial charge in [-0.15, -0.1) is 0 Å². The number of esters is 1. The van der Waals surface area contributed by atoms with Gasteiger partial charge in [0.1, 0.15) is 29.1 Å². The Hall–Kier alpha value is -4.37. The second-order valence-corrected chi connectivity index (χ2v) is 11.1. The third-order valence-corrected chi connectivity index (χ3v) is 7.61. The van der Waals surface area contributed by atoms with Gasteiger partial charge in [-0.25, -0.2) is 14.8 Å². The van der Waals surface area contributed by atoms with E-state index >= 15 is 0 Å². The summed E-state index contributed by atoms with van der Waals surface area (Å²) in [7, 11) is 0. The van der Waals surface area contributed by atoms with E-state index in [2.05, 4.69) is 20.3 Å². The number of hydrogen-bond acceptors (Lipinski definition) is 8. The van der Waals surface area contributed by atoms with Gasteiger partial charge < -0.3 is 19.7 Å². The molecule has 4 heterocycles. The van der Waals surface area contributed by atoms with Crippen LogP contribution < -0.4 is 10.1 Å². The molecule has 1 atom stereocenters. The summed E-state index contributed by atoms with van der Waals surface area (Å²) < 4.78 is 11.8. The fourth-order valence-electron chi connectivity index (χ4n) is 4.92. The van der Waals surface area contributed by atoms with Crippen LogP contribution in [0.4, 0.5) is 11.6 Å². The predicted molar refractivity (Wildman–Crippen MR) is 146 cm³/mol. The molecule has 202 valence electrons. The van der Waals surface area contributed by atoms with E-state index in [1.165, 1.54) is 0 Å². The summed E-state index contributed by atoms with van der Waals surface area (Å²) in [6, 6.07) is 9.05. The van der Waals surface area contributed by atoms with Gasteiger partial charge in [-0.05, 0) is 54.6 Å². The molecule has 2 aromatic heterocycles. The SMILES string of the molecule is CC(=O)N1CC(Oc2ccc(C(C)(C)N=[N+]=[N-])c3cc(Nc4ccc5c(n4)[C@@H](C)C(C)(C)OC5=O)ncc23)C1. The number of amides is 1. The summed E-state index contributed by atoms with van der Waals surface area (Å²) in [5.74, 6) is 1.25. The summed E-state index contributed by atoms with van der Waals surface area (Å²) in [6.07, 6.45) is 1.61. The average Bonchev–Trinajstić information content (AvgIpc) is 2.83. The number of nitrogens with zero attached hydrogens (tertiary/aromatic N) is 6. The van der Waals surface area contributed by atoms with Crippen LogP contribution >= 0.6 is 0 Å². The van der Waals surface area contributed by atoms with Crippen LogP contribution in [-0.2, 0) is 15.1 Å². The van der Waals surface area contributed by atoms with Crippen molar-refractivity contribution in [2.24, 2.45) is 5.11 Å². The first-order valence-electron chi connectivity index (χ1n) is 12.8. The molecule has 0 unspecified atom stereocenters. The second-order valence-electron chi connectivity index (χ2n) is 11.1. The predicted octanol–water partition coefficient (Wildman–Crippen LogP) is 5.58. The number of fused-ring (bicyclic) bond motifs is 2. The zero-order chi connectivity index (χ0) is 28.1. The fourth-order valence-corrected chi connectivity index (χ4v) is 4.92. The molecule has 2 aliphatic rings. The monoisotopic (exact) mass is 529 g/mol. The molecule has 5 rings (SSSR count). The normalized spacial score (nSPS) is 18.5. The third kappa shape index (κ3) is 4.81. The Bertz CT molecular complexity index is 1540. The van der Waals surface area contributed by atoms with Gasteiger partial charge in [0.15, 0.2) is 0 Å². The van der Waals surface area contributed by atoms with Gasteiger partial charge in [-0.2, -0.15) is 0 Å². The molecule has 11 heteroatoms. The van der Waals surface area contributed by atoms with Crippen LogP contribution in [0.5, 0.6) is 5.75 Å². The number of likely N-dealkylation sites (tertiary alicyclic amines) is 1. The number of azide groups is 1. The first kappa shape index (κ1) is 26.2. The lowest BCUT2D eigenvalue weighted by Gasteiger charge is -2.38.